The van der Waals surface area contributed by atoms with Crippen LogP contribution >= 0.6 is 0 Å². The van der Waals surface area contributed by atoms with Crippen LogP contribution in [0.1, 0.15) is 56.6 Å². The van der Waals surface area contributed by atoms with E-state index >= 15 is 0 Å². The molecule has 1 N–H and O–H groups in total. The highest BCUT2D eigenvalue weighted by molar-refractivity contribution is 5.25. The van der Waals surface area contributed by atoms with Crippen LogP contribution in [0.4, 0.5) is 0 Å². The van der Waals surface area contributed by atoms with E-state index in [9.17, 15) is 0 Å². The molecule has 1 fully saturated rings. The van der Waals surface area contributed by atoms with E-state index in [1.54, 1.807) is 0 Å². The van der Waals surface area contributed by atoms with E-state index in [-0.39, 0.29) is 5.41 Å². The summed E-state index contributed by atoms with van der Waals surface area (Å²) < 4.78 is 0. The maximum Gasteiger partial charge on any atom is 0.0703 e. The number of hydrogen-bond donors (Lipinski definition) is 1. The van der Waals surface area contributed by atoms with Crippen LogP contribution in [0.3, 0.4) is 0 Å². The first-order chi connectivity index (χ1) is 9.19. The molecule has 1 aromatic carbocycles. The van der Waals surface area contributed by atoms with Crippen molar-refractivity contribution in [1.82, 2.24) is 5.32 Å². The van der Waals surface area contributed by atoms with Crippen LogP contribution in [-0.4, -0.2) is 6.54 Å². The second-order valence-electron chi connectivity index (χ2n) is 5.90. The highest BCUT2D eigenvalue weighted by Crippen LogP contribution is 2.39. The number of rotatable bonds is 6. The van der Waals surface area contributed by atoms with Gasteiger partial charge in [0, 0.05) is 13.1 Å². The molecule has 0 amide bonds. The Balaban J connectivity index is 1.82. The molecule has 0 radical (unpaired) electrons. The molecule has 102 valence electrons. The van der Waals surface area contributed by atoms with Gasteiger partial charge in [-0.25, -0.2) is 0 Å². The van der Waals surface area contributed by atoms with Gasteiger partial charge in [-0.2, -0.15) is 5.26 Å². The average molecular weight is 256 g/mol. The zero-order valence-electron chi connectivity index (χ0n) is 12.1. The third kappa shape index (κ3) is 3.36. The molecule has 0 heterocycles. The summed E-state index contributed by atoms with van der Waals surface area (Å²) in [5.74, 6) is 0.638. The fraction of sp³-hybridized carbons (Fsp3) is 0.588. The maximum absolute atomic E-state index is 9.17. The molecule has 0 bridgehead atoms. The lowest BCUT2D eigenvalue weighted by Crippen LogP contribution is -2.38. The minimum Gasteiger partial charge on any atom is -0.311 e. The number of benzene rings is 1. The summed E-state index contributed by atoms with van der Waals surface area (Å²) in [7, 11) is 0. The lowest BCUT2D eigenvalue weighted by atomic mass is 9.70. The smallest absolute Gasteiger partial charge is 0.0703 e. The lowest BCUT2D eigenvalue weighted by molar-refractivity contribution is 0.206. The predicted octanol–water partition coefficient (Wildman–Crippen LogP) is 3.98. The van der Waals surface area contributed by atoms with Crippen LogP contribution in [0.15, 0.2) is 24.3 Å². The number of hydrogen-bond acceptors (Lipinski definition) is 2. The van der Waals surface area contributed by atoms with E-state index in [2.05, 4.69) is 49.5 Å². The second kappa shape index (κ2) is 6.21. The molecule has 1 aromatic rings. The van der Waals surface area contributed by atoms with E-state index in [0.717, 1.165) is 25.9 Å². The van der Waals surface area contributed by atoms with E-state index in [0.29, 0.717) is 5.92 Å². The monoisotopic (exact) mass is 256 g/mol. The highest BCUT2D eigenvalue weighted by Gasteiger charge is 2.36. The molecule has 1 unspecified atom stereocenters. The molecule has 1 saturated carbocycles. The molecule has 0 aromatic heterocycles. The van der Waals surface area contributed by atoms with E-state index in [1.807, 2.05) is 0 Å². The third-order valence-electron chi connectivity index (χ3n) is 4.50. The Morgan fingerprint density at radius 3 is 2.47 bits per heavy atom. The Hall–Kier alpha value is -1.33. The molecular weight excluding hydrogens is 232 g/mol. The number of nitrogens with one attached hydrogen (secondary N) is 1. The largest absolute Gasteiger partial charge is 0.311 e. The quantitative estimate of drug-likeness (QED) is 0.835. The van der Waals surface area contributed by atoms with Crippen molar-refractivity contribution in [1.29, 1.82) is 5.26 Å². The van der Waals surface area contributed by atoms with Crippen molar-refractivity contribution in [2.75, 3.05) is 6.54 Å². The van der Waals surface area contributed by atoms with Crippen molar-refractivity contribution in [3.63, 3.8) is 0 Å². The molecule has 2 rings (SSSR count). The van der Waals surface area contributed by atoms with Gasteiger partial charge < -0.3 is 5.32 Å². The molecule has 2 heteroatoms. The molecule has 19 heavy (non-hydrogen) atoms. The number of nitrogens with zero attached hydrogens (tertiary/aromatic N) is 1. The van der Waals surface area contributed by atoms with Gasteiger partial charge in [0.15, 0.2) is 0 Å². The van der Waals surface area contributed by atoms with Gasteiger partial charge in [-0.15, -0.1) is 0 Å². The number of nitriles is 1. The zero-order chi connectivity index (χ0) is 13.7. The van der Waals surface area contributed by atoms with Crippen LogP contribution in [0, 0.1) is 16.7 Å². The van der Waals surface area contributed by atoms with Gasteiger partial charge in [0.25, 0.3) is 0 Å². The molecule has 1 aliphatic carbocycles. The SMILES string of the molecule is CCC(C)c1ccc(CNCC2(C#N)CCC2)cc1. The van der Waals surface area contributed by atoms with Crippen molar-refractivity contribution in [3.05, 3.63) is 35.4 Å². The van der Waals surface area contributed by atoms with Gasteiger partial charge in [-0.05, 0) is 36.3 Å². The van der Waals surface area contributed by atoms with Gasteiger partial charge in [-0.3, -0.25) is 0 Å². The zero-order valence-corrected chi connectivity index (χ0v) is 12.1. The molecule has 2 nitrogen and oxygen atoms in total. The molecule has 0 saturated heterocycles. The Bertz CT molecular complexity index is 437. The van der Waals surface area contributed by atoms with Crippen molar-refractivity contribution < 1.29 is 0 Å². The summed E-state index contributed by atoms with van der Waals surface area (Å²) in [5, 5.41) is 12.6. The Morgan fingerprint density at radius 1 is 1.32 bits per heavy atom. The van der Waals surface area contributed by atoms with Gasteiger partial charge in [0.05, 0.1) is 11.5 Å². The lowest BCUT2D eigenvalue weighted by Gasteiger charge is -2.35. The summed E-state index contributed by atoms with van der Waals surface area (Å²) in [6.07, 6.45) is 4.51. The fourth-order valence-electron chi connectivity index (χ4n) is 2.58. The van der Waals surface area contributed by atoms with E-state index in [1.165, 1.54) is 24.0 Å². The van der Waals surface area contributed by atoms with Gasteiger partial charge >= 0.3 is 0 Å². The first-order valence-electron chi connectivity index (χ1n) is 7.40. The third-order valence-corrected chi connectivity index (χ3v) is 4.50. The van der Waals surface area contributed by atoms with Gasteiger partial charge in [-0.1, -0.05) is 44.5 Å². The molecule has 1 aliphatic rings. The van der Waals surface area contributed by atoms with Crippen LogP contribution in [0.2, 0.25) is 0 Å². The highest BCUT2D eigenvalue weighted by atomic mass is 14.9. The van der Waals surface area contributed by atoms with Crippen molar-refractivity contribution >= 4 is 0 Å². The summed E-state index contributed by atoms with van der Waals surface area (Å²) in [6.45, 7) is 6.18. The minimum atomic E-state index is -0.0728. The summed E-state index contributed by atoms with van der Waals surface area (Å²) in [5.41, 5.74) is 2.65. The minimum absolute atomic E-state index is 0.0728. The average Bonchev–Trinajstić information content (AvgIpc) is 2.41. The Morgan fingerprint density at radius 2 is 2.00 bits per heavy atom. The topological polar surface area (TPSA) is 35.8 Å². The molecule has 1 atom stereocenters. The fourth-order valence-corrected chi connectivity index (χ4v) is 2.58. The van der Waals surface area contributed by atoms with Crippen molar-refractivity contribution in [2.45, 2.75) is 52.0 Å². The summed E-state index contributed by atoms with van der Waals surface area (Å²) in [4.78, 5) is 0. The van der Waals surface area contributed by atoms with Crippen molar-refractivity contribution in [3.8, 4) is 6.07 Å². The summed E-state index contributed by atoms with van der Waals surface area (Å²) >= 11 is 0. The standard InChI is InChI=1S/C17H24N2/c1-3-14(2)16-7-5-15(6-8-16)11-19-13-17(12-18)9-4-10-17/h5-8,14,19H,3-4,9-11,13H2,1-2H3. The van der Waals surface area contributed by atoms with Crippen LogP contribution in [0.25, 0.3) is 0 Å². The first kappa shape index (κ1) is 14.1. The van der Waals surface area contributed by atoms with E-state index < -0.39 is 0 Å². The molecule has 0 spiro atoms. The Labute approximate surface area is 116 Å². The maximum atomic E-state index is 9.17. The van der Waals surface area contributed by atoms with Crippen LogP contribution in [-0.2, 0) is 6.54 Å². The predicted molar refractivity (Wildman–Crippen MR) is 78.8 cm³/mol. The first-order valence-corrected chi connectivity index (χ1v) is 7.40. The second-order valence-corrected chi connectivity index (χ2v) is 5.90. The molecule has 0 aliphatic heterocycles. The van der Waals surface area contributed by atoms with Crippen LogP contribution < -0.4 is 5.32 Å². The van der Waals surface area contributed by atoms with Gasteiger partial charge in [0.2, 0.25) is 0 Å². The normalized spacial score (nSPS) is 18.4. The molecular formula is C17H24N2. The van der Waals surface area contributed by atoms with E-state index in [4.69, 9.17) is 5.26 Å². The van der Waals surface area contributed by atoms with Crippen molar-refractivity contribution in [2.24, 2.45) is 5.41 Å². The van der Waals surface area contributed by atoms with Gasteiger partial charge in [0.1, 0.15) is 0 Å². The summed E-state index contributed by atoms with van der Waals surface area (Å²) in [6, 6.07) is 11.3. The van der Waals surface area contributed by atoms with Crippen LogP contribution in [0.5, 0.6) is 0 Å². The Kier molecular flexibility index (Phi) is 4.61.